The minimum atomic E-state index is -1.22. The van der Waals surface area contributed by atoms with Gasteiger partial charge in [-0.1, -0.05) is 6.92 Å². The predicted octanol–water partition coefficient (Wildman–Crippen LogP) is 4.88. The van der Waals surface area contributed by atoms with Crippen LogP contribution in [0.25, 0.3) is 16.6 Å². The van der Waals surface area contributed by atoms with Crippen LogP contribution in [0, 0.1) is 11.7 Å². The number of rotatable bonds is 2. The van der Waals surface area contributed by atoms with Crippen molar-refractivity contribution >= 4 is 16.7 Å². The van der Waals surface area contributed by atoms with E-state index >= 15 is 0 Å². The first-order chi connectivity index (χ1) is 14.3. The number of hydrogen-bond acceptors (Lipinski definition) is 3. The molecule has 0 aliphatic heterocycles. The second kappa shape index (κ2) is 6.74. The number of ketones is 1. The first-order valence-corrected chi connectivity index (χ1v) is 10.9. The van der Waals surface area contributed by atoms with Gasteiger partial charge in [-0.3, -0.25) is 4.79 Å². The molecule has 3 aromatic rings. The van der Waals surface area contributed by atoms with Crippen LogP contribution in [0.1, 0.15) is 57.1 Å². The molecule has 0 spiro atoms. The maximum Gasteiger partial charge on any atom is 0.164 e. The second-order valence-corrected chi connectivity index (χ2v) is 9.28. The Kier molecular flexibility index (Phi) is 4.37. The minimum Gasteiger partial charge on any atom is -0.382 e. The van der Waals surface area contributed by atoms with Crippen LogP contribution in [-0.2, 0) is 16.6 Å². The summed E-state index contributed by atoms with van der Waals surface area (Å²) in [5.74, 6) is -0.0190. The molecule has 1 N–H and O–H groups in total. The third-order valence-corrected chi connectivity index (χ3v) is 7.53. The van der Waals surface area contributed by atoms with Gasteiger partial charge in [0.2, 0.25) is 0 Å². The highest BCUT2D eigenvalue weighted by Gasteiger charge is 2.52. The molecule has 1 fully saturated rings. The maximum absolute atomic E-state index is 13.4. The summed E-state index contributed by atoms with van der Waals surface area (Å²) >= 11 is 0. The highest BCUT2D eigenvalue weighted by atomic mass is 19.1. The van der Waals surface area contributed by atoms with E-state index in [-0.39, 0.29) is 17.0 Å². The number of carbonyl (C=O) groups excluding carboxylic acids is 1. The number of aryl methyl sites for hydroxylation is 1. The van der Waals surface area contributed by atoms with E-state index in [0.717, 1.165) is 42.3 Å². The zero-order chi connectivity index (χ0) is 21.1. The number of benzene rings is 2. The average molecular weight is 407 g/mol. The monoisotopic (exact) mass is 406 g/mol. The first-order valence-electron chi connectivity index (χ1n) is 10.9. The lowest BCUT2D eigenvalue weighted by Crippen LogP contribution is -2.52. The maximum atomic E-state index is 13.4. The van der Waals surface area contributed by atoms with Crippen LogP contribution in [0.3, 0.4) is 0 Å². The van der Waals surface area contributed by atoms with Crippen molar-refractivity contribution in [3.05, 3.63) is 59.5 Å². The van der Waals surface area contributed by atoms with Crippen LogP contribution in [0.15, 0.2) is 42.6 Å². The molecular weight excluding hydrogens is 379 g/mol. The molecule has 1 heterocycles. The molecular formula is C25H27FN2O2. The summed E-state index contributed by atoms with van der Waals surface area (Å²) in [6.07, 6.45) is 6.67. The fourth-order valence-corrected chi connectivity index (χ4v) is 5.82. The summed E-state index contributed by atoms with van der Waals surface area (Å²) in [7, 11) is 0. The zero-order valence-corrected chi connectivity index (χ0v) is 17.5. The number of aromatic nitrogens is 2. The van der Waals surface area contributed by atoms with Crippen LogP contribution >= 0.6 is 0 Å². The van der Waals surface area contributed by atoms with Crippen molar-refractivity contribution in [3.63, 3.8) is 0 Å². The Bertz CT molecular complexity index is 1130. The highest BCUT2D eigenvalue weighted by molar-refractivity contribution is 5.90. The van der Waals surface area contributed by atoms with Crippen LogP contribution in [0.4, 0.5) is 4.39 Å². The van der Waals surface area contributed by atoms with Gasteiger partial charge in [0.1, 0.15) is 11.4 Å². The first kappa shape index (κ1) is 19.4. The van der Waals surface area contributed by atoms with E-state index in [1.807, 2.05) is 10.9 Å². The van der Waals surface area contributed by atoms with Crippen molar-refractivity contribution in [3.8, 4) is 5.69 Å². The van der Waals surface area contributed by atoms with Gasteiger partial charge in [0, 0.05) is 17.2 Å². The molecule has 156 valence electrons. The van der Waals surface area contributed by atoms with Crippen LogP contribution < -0.4 is 0 Å². The molecule has 3 unspecified atom stereocenters. The van der Waals surface area contributed by atoms with Crippen molar-refractivity contribution in [2.75, 3.05) is 0 Å². The van der Waals surface area contributed by atoms with Gasteiger partial charge in [0.25, 0.3) is 0 Å². The van der Waals surface area contributed by atoms with Gasteiger partial charge < -0.3 is 5.11 Å². The van der Waals surface area contributed by atoms with Gasteiger partial charge in [-0.2, -0.15) is 5.10 Å². The predicted molar refractivity (Wildman–Crippen MR) is 114 cm³/mol. The number of nitrogens with zero attached hydrogens (tertiary/aromatic N) is 2. The highest BCUT2D eigenvalue weighted by Crippen LogP contribution is 2.52. The molecule has 5 rings (SSSR count). The van der Waals surface area contributed by atoms with E-state index in [0.29, 0.717) is 18.8 Å². The molecule has 30 heavy (non-hydrogen) atoms. The van der Waals surface area contributed by atoms with Crippen molar-refractivity contribution < 1.29 is 14.3 Å². The molecule has 2 aromatic carbocycles. The third kappa shape index (κ3) is 2.83. The van der Waals surface area contributed by atoms with E-state index in [2.05, 4.69) is 24.2 Å². The molecule has 1 saturated carbocycles. The van der Waals surface area contributed by atoms with Crippen molar-refractivity contribution in [1.82, 2.24) is 9.78 Å². The van der Waals surface area contributed by atoms with E-state index in [1.165, 1.54) is 23.3 Å². The van der Waals surface area contributed by atoms with Gasteiger partial charge >= 0.3 is 0 Å². The van der Waals surface area contributed by atoms with Gasteiger partial charge in [0.15, 0.2) is 5.78 Å². The lowest BCUT2D eigenvalue weighted by atomic mass is 9.56. The SMILES string of the molecule is CCC12CC(=O)C(C)(O)CC1CCCc1cc3c(cnn3-c3ccc(F)cc3)cc12. The average Bonchev–Trinajstić information content (AvgIpc) is 3.07. The summed E-state index contributed by atoms with van der Waals surface area (Å²) in [6.45, 7) is 3.85. The third-order valence-electron chi connectivity index (χ3n) is 7.53. The van der Waals surface area contributed by atoms with E-state index < -0.39 is 5.60 Å². The number of carbonyl (C=O) groups is 1. The number of Topliss-reactive ketones (excluding diaryl/α,β-unsaturated/α-hetero) is 1. The number of aliphatic hydroxyl groups is 1. The Morgan fingerprint density at radius 1 is 1.27 bits per heavy atom. The lowest BCUT2D eigenvalue weighted by molar-refractivity contribution is -0.146. The smallest absolute Gasteiger partial charge is 0.164 e. The molecule has 3 atom stereocenters. The van der Waals surface area contributed by atoms with Crippen LogP contribution in [-0.4, -0.2) is 26.3 Å². The second-order valence-electron chi connectivity index (χ2n) is 9.28. The zero-order valence-electron chi connectivity index (χ0n) is 17.5. The number of hydrogen-bond donors (Lipinski definition) is 1. The molecule has 0 saturated heterocycles. The Balaban J connectivity index is 1.67. The molecule has 5 heteroatoms. The van der Waals surface area contributed by atoms with E-state index in [9.17, 15) is 14.3 Å². The molecule has 1 aromatic heterocycles. The Morgan fingerprint density at radius 2 is 2.03 bits per heavy atom. The Morgan fingerprint density at radius 3 is 2.77 bits per heavy atom. The summed E-state index contributed by atoms with van der Waals surface area (Å²) in [6, 6.07) is 10.8. The summed E-state index contributed by atoms with van der Waals surface area (Å²) in [4.78, 5) is 12.8. The lowest BCUT2D eigenvalue weighted by Gasteiger charge is -2.48. The summed E-state index contributed by atoms with van der Waals surface area (Å²) in [5.41, 5.74) is 2.90. The Labute approximate surface area is 175 Å². The van der Waals surface area contributed by atoms with Crippen molar-refractivity contribution in [2.45, 2.75) is 63.4 Å². The number of fused-ring (bicyclic) bond motifs is 4. The quantitative estimate of drug-likeness (QED) is 0.660. The fraction of sp³-hybridized carbons (Fsp3) is 0.440. The van der Waals surface area contributed by atoms with Gasteiger partial charge in [-0.05, 0) is 92.5 Å². The van der Waals surface area contributed by atoms with Gasteiger partial charge in [-0.25, -0.2) is 9.07 Å². The summed E-state index contributed by atoms with van der Waals surface area (Å²) in [5, 5.41) is 16.3. The van der Waals surface area contributed by atoms with Gasteiger partial charge in [0.05, 0.1) is 17.4 Å². The van der Waals surface area contributed by atoms with Crippen molar-refractivity contribution in [1.29, 1.82) is 0 Å². The molecule has 0 bridgehead atoms. The van der Waals surface area contributed by atoms with Crippen LogP contribution in [0.5, 0.6) is 0 Å². The molecule has 4 nitrogen and oxygen atoms in total. The topological polar surface area (TPSA) is 55.1 Å². The molecule has 2 aliphatic carbocycles. The molecule has 2 aliphatic rings. The van der Waals surface area contributed by atoms with E-state index in [4.69, 9.17) is 0 Å². The van der Waals surface area contributed by atoms with Gasteiger partial charge in [-0.15, -0.1) is 0 Å². The Hall–Kier alpha value is -2.53. The standard InChI is InChI=1S/C25H27FN2O2/c1-3-25-14-23(29)24(2,30)13-18(25)6-4-5-16-12-22-17(11-21(16)25)15-27-28(22)20-9-7-19(26)8-10-20/h7-12,15,18,30H,3-6,13-14H2,1-2H3. The largest absolute Gasteiger partial charge is 0.382 e. The molecule has 0 amide bonds. The summed E-state index contributed by atoms with van der Waals surface area (Å²) < 4.78 is 15.2. The number of halogens is 1. The molecule has 0 radical (unpaired) electrons. The minimum absolute atomic E-state index is 0.0458. The normalized spacial score (nSPS) is 28.8. The van der Waals surface area contributed by atoms with Crippen molar-refractivity contribution in [2.24, 2.45) is 5.92 Å². The van der Waals surface area contributed by atoms with Crippen LogP contribution in [0.2, 0.25) is 0 Å². The van der Waals surface area contributed by atoms with E-state index in [1.54, 1.807) is 19.1 Å². The fourth-order valence-electron chi connectivity index (χ4n) is 5.82.